The normalized spacial score (nSPS) is 25.6. The smallest absolute Gasteiger partial charge is 0.289 e. The Morgan fingerprint density at radius 2 is 2.58 bits per heavy atom. The largest absolute Gasteiger partial charge is 0.290 e. The van der Waals surface area contributed by atoms with Crippen molar-refractivity contribution in [2.45, 2.75) is 12.8 Å². The molecule has 0 saturated carbocycles. The number of hydrogen-bond donors (Lipinski definition) is 1. The van der Waals surface area contributed by atoms with Gasteiger partial charge >= 0.3 is 0 Å². The Morgan fingerprint density at radius 1 is 1.83 bits per heavy atom. The molecular weight excluding hydrogens is 158 g/mol. The van der Waals surface area contributed by atoms with Gasteiger partial charge in [-0.25, -0.2) is 0 Å². The SMILES string of the molecule is N#CC[NH+]1CCCC1=C[N+](=O)[O-]. The molecule has 1 N–H and O–H groups in total. The van der Waals surface area contributed by atoms with Crippen molar-refractivity contribution in [1.82, 2.24) is 0 Å². The Labute approximate surface area is 70.0 Å². The summed E-state index contributed by atoms with van der Waals surface area (Å²) in [6.45, 7) is 1.17. The van der Waals surface area contributed by atoms with E-state index in [0.717, 1.165) is 36.2 Å². The highest BCUT2D eigenvalue weighted by molar-refractivity contribution is 4.90. The van der Waals surface area contributed by atoms with Gasteiger partial charge in [-0.3, -0.25) is 15.0 Å². The van der Waals surface area contributed by atoms with Crippen LogP contribution in [0.15, 0.2) is 11.9 Å². The second kappa shape index (κ2) is 3.83. The third-order valence-electron chi connectivity index (χ3n) is 1.93. The lowest BCUT2D eigenvalue weighted by molar-refractivity contribution is -0.845. The molecule has 1 rings (SSSR count). The Bertz CT molecular complexity index is 254. The summed E-state index contributed by atoms with van der Waals surface area (Å²) in [5.74, 6) is 0. The van der Waals surface area contributed by atoms with Gasteiger partial charge in [-0.1, -0.05) is 0 Å². The summed E-state index contributed by atoms with van der Waals surface area (Å²) >= 11 is 0. The molecule has 1 saturated heterocycles. The van der Waals surface area contributed by atoms with Crippen molar-refractivity contribution in [1.29, 1.82) is 5.26 Å². The molecule has 0 spiro atoms. The highest BCUT2D eigenvalue weighted by Gasteiger charge is 2.24. The van der Waals surface area contributed by atoms with Gasteiger partial charge in [0.2, 0.25) is 0 Å². The minimum absolute atomic E-state index is 0.333. The molecule has 12 heavy (non-hydrogen) atoms. The topological polar surface area (TPSA) is 71.4 Å². The molecule has 5 nitrogen and oxygen atoms in total. The van der Waals surface area contributed by atoms with Crippen molar-refractivity contribution >= 4 is 0 Å². The quantitative estimate of drug-likeness (QED) is 0.337. The summed E-state index contributed by atoms with van der Waals surface area (Å²) < 4.78 is 0. The summed E-state index contributed by atoms with van der Waals surface area (Å²) in [6.07, 6.45) is 2.72. The summed E-state index contributed by atoms with van der Waals surface area (Å²) in [6, 6.07) is 2.01. The molecule has 0 amide bonds. The van der Waals surface area contributed by atoms with Crippen LogP contribution in [0.3, 0.4) is 0 Å². The lowest BCUT2D eigenvalue weighted by Gasteiger charge is -2.05. The molecule has 0 aromatic heterocycles. The van der Waals surface area contributed by atoms with Crippen LogP contribution >= 0.6 is 0 Å². The number of nitrogens with zero attached hydrogens (tertiary/aromatic N) is 2. The minimum atomic E-state index is -0.446. The number of nitriles is 1. The highest BCUT2D eigenvalue weighted by Crippen LogP contribution is 2.02. The first kappa shape index (κ1) is 8.68. The van der Waals surface area contributed by atoms with Gasteiger partial charge in [0, 0.05) is 12.8 Å². The van der Waals surface area contributed by atoms with E-state index < -0.39 is 4.92 Å². The predicted octanol–water partition coefficient (Wildman–Crippen LogP) is -0.693. The van der Waals surface area contributed by atoms with Gasteiger partial charge in [0.15, 0.2) is 12.2 Å². The lowest BCUT2D eigenvalue weighted by Crippen LogP contribution is -3.08. The Morgan fingerprint density at radius 3 is 3.17 bits per heavy atom. The van der Waals surface area contributed by atoms with Crippen molar-refractivity contribution in [2.24, 2.45) is 0 Å². The molecule has 5 heteroatoms. The summed E-state index contributed by atoms with van der Waals surface area (Å²) in [7, 11) is 0. The molecule has 64 valence electrons. The Balaban J connectivity index is 2.64. The maximum Gasteiger partial charge on any atom is 0.290 e. The predicted molar refractivity (Wildman–Crippen MR) is 40.6 cm³/mol. The zero-order chi connectivity index (χ0) is 8.97. The molecule has 1 fully saturated rings. The Hall–Kier alpha value is -1.41. The zero-order valence-corrected chi connectivity index (χ0v) is 6.62. The van der Waals surface area contributed by atoms with E-state index in [1.165, 1.54) is 0 Å². The maximum atomic E-state index is 10.1. The number of nitrogens with one attached hydrogen (secondary N) is 1. The van der Waals surface area contributed by atoms with Crippen molar-refractivity contribution in [2.75, 3.05) is 13.1 Å². The van der Waals surface area contributed by atoms with Crippen LogP contribution in [-0.4, -0.2) is 18.0 Å². The second-order valence-electron chi connectivity index (χ2n) is 2.73. The van der Waals surface area contributed by atoms with E-state index in [1.54, 1.807) is 0 Å². The fourth-order valence-corrected chi connectivity index (χ4v) is 1.41. The number of quaternary nitrogens is 1. The van der Waals surface area contributed by atoms with Crippen molar-refractivity contribution in [3.05, 3.63) is 22.0 Å². The van der Waals surface area contributed by atoms with Crippen LogP contribution in [0, 0.1) is 21.4 Å². The van der Waals surface area contributed by atoms with Crippen molar-refractivity contribution in [3.63, 3.8) is 0 Å². The molecule has 0 bridgehead atoms. The molecule has 0 aromatic rings. The first-order valence-electron chi connectivity index (χ1n) is 3.80. The number of allylic oxidation sites excluding steroid dienone is 1. The van der Waals surface area contributed by atoms with E-state index in [2.05, 4.69) is 0 Å². The van der Waals surface area contributed by atoms with Gasteiger partial charge in [-0.15, -0.1) is 0 Å². The third-order valence-corrected chi connectivity index (χ3v) is 1.93. The van der Waals surface area contributed by atoms with E-state index in [4.69, 9.17) is 5.26 Å². The number of nitro groups is 1. The van der Waals surface area contributed by atoms with Crippen LogP contribution < -0.4 is 4.90 Å². The molecule has 1 atom stereocenters. The van der Waals surface area contributed by atoms with Gasteiger partial charge < -0.3 is 0 Å². The van der Waals surface area contributed by atoms with Crippen LogP contribution in [0.2, 0.25) is 0 Å². The van der Waals surface area contributed by atoms with Crippen molar-refractivity contribution in [3.8, 4) is 6.07 Å². The average molecular weight is 168 g/mol. The summed E-state index contributed by atoms with van der Waals surface area (Å²) in [5, 5.41) is 18.5. The standard InChI is InChI=1S/C7H9N3O2/c8-3-5-9-4-1-2-7(9)6-10(11)12/h6H,1-2,4-5H2/p+1. The van der Waals surface area contributed by atoms with Crippen LogP contribution in [0.5, 0.6) is 0 Å². The molecule has 0 aromatic carbocycles. The van der Waals surface area contributed by atoms with Crippen LogP contribution in [-0.2, 0) is 0 Å². The van der Waals surface area contributed by atoms with Gasteiger partial charge in [0.25, 0.3) is 6.20 Å². The van der Waals surface area contributed by atoms with Crippen molar-refractivity contribution < 1.29 is 9.82 Å². The number of likely N-dealkylation sites (tertiary alicyclic amines) is 1. The van der Waals surface area contributed by atoms with E-state index in [-0.39, 0.29) is 0 Å². The van der Waals surface area contributed by atoms with E-state index >= 15 is 0 Å². The lowest BCUT2D eigenvalue weighted by atomic mass is 10.3. The maximum absolute atomic E-state index is 10.1. The number of hydrogen-bond acceptors (Lipinski definition) is 3. The van der Waals surface area contributed by atoms with Crippen LogP contribution in [0.25, 0.3) is 0 Å². The zero-order valence-electron chi connectivity index (χ0n) is 6.62. The fraction of sp³-hybridized carbons (Fsp3) is 0.571. The molecule has 1 aliphatic rings. The fourth-order valence-electron chi connectivity index (χ4n) is 1.41. The van der Waals surface area contributed by atoms with Crippen LogP contribution in [0.4, 0.5) is 0 Å². The first-order chi connectivity index (χ1) is 5.74. The molecule has 1 unspecified atom stereocenters. The Kier molecular flexibility index (Phi) is 2.77. The van der Waals surface area contributed by atoms with E-state index in [0.29, 0.717) is 6.54 Å². The highest BCUT2D eigenvalue weighted by atomic mass is 16.6. The second-order valence-corrected chi connectivity index (χ2v) is 2.73. The molecular formula is C7H10N3O2+. The molecule has 0 radical (unpaired) electrons. The van der Waals surface area contributed by atoms with E-state index in [1.807, 2.05) is 6.07 Å². The third kappa shape index (κ3) is 2.04. The monoisotopic (exact) mass is 168 g/mol. The number of rotatable bonds is 2. The minimum Gasteiger partial charge on any atom is -0.289 e. The van der Waals surface area contributed by atoms with Gasteiger partial charge in [-0.2, -0.15) is 5.26 Å². The van der Waals surface area contributed by atoms with E-state index in [9.17, 15) is 10.1 Å². The molecule has 1 heterocycles. The van der Waals surface area contributed by atoms with Crippen LogP contribution in [0.1, 0.15) is 12.8 Å². The average Bonchev–Trinajstić information content (AvgIpc) is 2.37. The molecule has 1 aliphatic heterocycles. The molecule has 0 aliphatic carbocycles. The van der Waals surface area contributed by atoms with Gasteiger partial charge in [0.1, 0.15) is 6.07 Å². The summed E-state index contributed by atoms with van der Waals surface area (Å²) in [5.41, 5.74) is 0.751. The van der Waals surface area contributed by atoms with Gasteiger partial charge in [-0.05, 0) is 0 Å². The van der Waals surface area contributed by atoms with Gasteiger partial charge in [0.05, 0.1) is 11.5 Å². The summed E-state index contributed by atoms with van der Waals surface area (Å²) in [4.78, 5) is 10.6. The first-order valence-corrected chi connectivity index (χ1v) is 3.80.